The number of hydrogen-bond donors (Lipinski definition) is 1. The highest BCUT2D eigenvalue weighted by Gasteiger charge is 1.98. The summed E-state index contributed by atoms with van der Waals surface area (Å²) in [6.45, 7) is 1.75. The van der Waals surface area contributed by atoms with Gasteiger partial charge in [-0.25, -0.2) is 4.98 Å². The zero-order valence-corrected chi connectivity index (χ0v) is 8.27. The summed E-state index contributed by atoms with van der Waals surface area (Å²) in [6.07, 6.45) is 1.30. The molecule has 1 heterocycles. The van der Waals surface area contributed by atoms with E-state index >= 15 is 0 Å². The first-order valence-electron chi connectivity index (χ1n) is 3.61. The Morgan fingerprint density at radius 1 is 1.67 bits per heavy atom. The van der Waals surface area contributed by atoms with Gasteiger partial charge < -0.3 is 5.11 Å². The van der Waals surface area contributed by atoms with Crippen molar-refractivity contribution in [2.75, 3.05) is 5.75 Å². The number of aliphatic hydroxyl groups excluding tert-OH is 1. The van der Waals surface area contributed by atoms with Crippen molar-refractivity contribution in [2.45, 2.75) is 18.1 Å². The molecule has 0 bridgehead atoms. The lowest BCUT2D eigenvalue weighted by atomic mass is 10.5. The van der Waals surface area contributed by atoms with Crippen LogP contribution in [0, 0.1) is 0 Å². The Balaban J connectivity index is 2.48. The number of rotatable bonds is 3. The van der Waals surface area contributed by atoms with Crippen molar-refractivity contribution < 1.29 is 5.11 Å². The second kappa shape index (κ2) is 4.70. The lowest BCUT2D eigenvalue weighted by Crippen LogP contribution is -2.02. The van der Waals surface area contributed by atoms with Crippen LogP contribution in [0.25, 0.3) is 0 Å². The molecule has 1 N–H and O–H groups in total. The molecular formula is C8H10ClNOS. The third-order valence-corrected chi connectivity index (χ3v) is 2.58. The summed E-state index contributed by atoms with van der Waals surface area (Å²) in [5.74, 6) is 0.661. The Labute approximate surface area is 81.0 Å². The van der Waals surface area contributed by atoms with Crippen LogP contribution in [-0.4, -0.2) is 21.9 Å². The van der Waals surface area contributed by atoms with Gasteiger partial charge in [-0.05, 0) is 19.1 Å². The number of aliphatic hydroxyl groups is 1. The summed E-state index contributed by atoms with van der Waals surface area (Å²) >= 11 is 7.17. The molecule has 0 unspecified atom stereocenters. The van der Waals surface area contributed by atoms with Crippen LogP contribution in [-0.2, 0) is 0 Å². The summed E-state index contributed by atoms with van der Waals surface area (Å²) in [4.78, 5) is 4.07. The SMILES string of the molecule is C[C@H](O)CSc1ccc(Cl)cn1. The monoisotopic (exact) mass is 203 g/mol. The van der Waals surface area contributed by atoms with E-state index in [0.717, 1.165) is 5.03 Å². The second-order valence-electron chi connectivity index (χ2n) is 2.47. The van der Waals surface area contributed by atoms with Gasteiger partial charge in [-0.2, -0.15) is 0 Å². The number of pyridine rings is 1. The van der Waals surface area contributed by atoms with E-state index in [1.807, 2.05) is 6.07 Å². The summed E-state index contributed by atoms with van der Waals surface area (Å²) < 4.78 is 0. The molecule has 12 heavy (non-hydrogen) atoms. The zero-order valence-electron chi connectivity index (χ0n) is 6.70. The Hall–Kier alpha value is -0.250. The first-order valence-corrected chi connectivity index (χ1v) is 4.97. The van der Waals surface area contributed by atoms with Crippen LogP contribution in [0.2, 0.25) is 5.02 Å². The molecule has 0 saturated heterocycles. The predicted molar refractivity (Wildman–Crippen MR) is 51.7 cm³/mol. The maximum atomic E-state index is 8.99. The largest absolute Gasteiger partial charge is 0.393 e. The fraction of sp³-hybridized carbons (Fsp3) is 0.375. The molecule has 1 aromatic heterocycles. The minimum Gasteiger partial charge on any atom is -0.393 e. The van der Waals surface area contributed by atoms with Gasteiger partial charge in [-0.15, -0.1) is 11.8 Å². The topological polar surface area (TPSA) is 33.1 Å². The van der Waals surface area contributed by atoms with Crippen molar-refractivity contribution in [2.24, 2.45) is 0 Å². The Kier molecular flexibility index (Phi) is 3.85. The van der Waals surface area contributed by atoms with Crippen molar-refractivity contribution in [3.63, 3.8) is 0 Å². The minimum atomic E-state index is -0.299. The second-order valence-corrected chi connectivity index (χ2v) is 3.95. The molecule has 0 spiro atoms. The predicted octanol–water partition coefficient (Wildman–Crippen LogP) is 2.21. The van der Waals surface area contributed by atoms with Gasteiger partial charge in [0.1, 0.15) is 0 Å². The molecular weight excluding hydrogens is 194 g/mol. The highest BCUT2D eigenvalue weighted by atomic mass is 35.5. The molecule has 1 aromatic rings. The highest BCUT2D eigenvalue weighted by Crippen LogP contribution is 2.17. The number of aromatic nitrogens is 1. The van der Waals surface area contributed by atoms with Crippen LogP contribution in [0.5, 0.6) is 0 Å². The maximum Gasteiger partial charge on any atom is 0.0961 e. The Morgan fingerprint density at radius 3 is 2.92 bits per heavy atom. The van der Waals surface area contributed by atoms with Gasteiger partial charge in [0.25, 0.3) is 0 Å². The molecule has 0 aliphatic carbocycles. The van der Waals surface area contributed by atoms with E-state index in [0.29, 0.717) is 10.8 Å². The highest BCUT2D eigenvalue weighted by molar-refractivity contribution is 7.99. The molecule has 0 radical (unpaired) electrons. The molecule has 4 heteroatoms. The number of nitrogens with zero attached hydrogens (tertiary/aromatic N) is 1. The van der Waals surface area contributed by atoms with Crippen LogP contribution in [0.3, 0.4) is 0 Å². The molecule has 1 rings (SSSR count). The fourth-order valence-electron chi connectivity index (χ4n) is 0.654. The summed E-state index contributed by atoms with van der Waals surface area (Å²) in [5.41, 5.74) is 0. The van der Waals surface area contributed by atoms with Crippen LogP contribution < -0.4 is 0 Å². The summed E-state index contributed by atoms with van der Waals surface area (Å²) in [7, 11) is 0. The maximum absolute atomic E-state index is 8.99. The van der Waals surface area contributed by atoms with Gasteiger partial charge in [-0.1, -0.05) is 11.6 Å². The van der Waals surface area contributed by atoms with Gasteiger partial charge in [0.2, 0.25) is 0 Å². The molecule has 1 atom stereocenters. The van der Waals surface area contributed by atoms with Gasteiger partial charge in [0.15, 0.2) is 0 Å². The van der Waals surface area contributed by atoms with E-state index in [9.17, 15) is 0 Å². The molecule has 0 aliphatic heterocycles. The lowest BCUT2D eigenvalue weighted by molar-refractivity contribution is 0.220. The molecule has 2 nitrogen and oxygen atoms in total. The third-order valence-electron chi connectivity index (χ3n) is 1.17. The van der Waals surface area contributed by atoms with Gasteiger partial charge in [0.05, 0.1) is 16.2 Å². The third kappa shape index (κ3) is 3.43. The molecule has 0 fully saturated rings. The van der Waals surface area contributed by atoms with Crippen LogP contribution >= 0.6 is 23.4 Å². The van der Waals surface area contributed by atoms with E-state index in [2.05, 4.69) is 4.98 Å². The summed E-state index contributed by atoms with van der Waals surface area (Å²) in [6, 6.07) is 3.63. The lowest BCUT2D eigenvalue weighted by Gasteiger charge is -2.02. The van der Waals surface area contributed by atoms with Crippen molar-refractivity contribution >= 4 is 23.4 Å². The Bertz CT molecular complexity index is 237. The van der Waals surface area contributed by atoms with E-state index in [4.69, 9.17) is 16.7 Å². The first kappa shape index (κ1) is 9.84. The number of halogens is 1. The first-order chi connectivity index (χ1) is 5.68. The van der Waals surface area contributed by atoms with Crippen molar-refractivity contribution in [1.82, 2.24) is 4.98 Å². The smallest absolute Gasteiger partial charge is 0.0961 e. The number of thioether (sulfide) groups is 1. The molecule has 0 aliphatic rings. The van der Waals surface area contributed by atoms with Crippen molar-refractivity contribution in [1.29, 1.82) is 0 Å². The van der Waals surface area contributed by atoms with E-state index in [1.165, 1.54) is 11.8 Å². The molecule has 0 saturated carbocycles. The number of hydrogen-bond acceptors (Lipinski definition) is 3. The minimum absolute atomic E-state index is 0.299. The normalized spacial score (nSPS) is 12.9. The Morgan fingerprint density at radius 2 is 2.42 bits per heavy atom. The van der Waals surface area contributed by atoms with Crippen LogP contribution in [0.1, 0.15) is 6.92 Å². The molecule has 66 valence electrons. The van der Waals surface area contributed by atoms with Gasteiger partial charge in [-0.3, -0.25) is 0 Å². The average molecular weight is 204 g/mol. The standard InChI is InChI=1S/C8H10ClNOS/c1-6(11)5-12-8-3-2-7(9)4-10-8/h2-4,6,11H,5H2,1H3/t6-/m0/s1. The van der Waals surface area contributed by atoms with Crippen LogP contribution in [0.4, 0.5) is 0 Å². The average Bonchev–Trinajstić information content (AvgIpc) is 2.03. The van der Waals surface area contributed by atoms with Crippen molar-refractivity contribution in [3.05, 3.63) is 23.4 Å². The van der Waals surface area contributed by atoms with E-state index in [1.54, 1.807) is 19.2 Å². The van der Waals surface area contributed by atoms with Gasteiger partial charge >= 0.3 is 0 Å². The zero-order chi connectivity index (χ0) is 8.97. The fourth-order valence-corrected chi connectivity index (χ4v) is 1.47. The van der Waals surface area contributed by atoms with Crippen LogP contribution in [0.15, 0.2) is 23.4 Å². The van der Waals surface area contributed by atoms with Crippen molar-refractivity contribution in [3.8, 4) is 0 Å². The molecule has 0 aromatic carbocycles. The molecule has 0 amide bonds. The van der Waals surface area contributed by atoms with E-state index < -0.39 is 0 Å². The van der Waals surface area contributed by atoms with E-state index in [-0.39, 0.29) is 6.10 Å². The summed E-state index contributed by atoms with van der Waals surface area (Å²) in [5, 5.41) is 10.5. The van der Waals surface area contributed by atoms with Gasteiger partial charge in [0, 0.05) is 11.9 Å². The quantitative estimate of drug-likeness (QED) is 0.765.